The quantitative estimate of drug-likeness (QED) is 0.644. The minimum absolute atomic E-state index is 0.990. The Morgan fingerprint density at radius 1 is 1.14 bits per heavy atom. The van der Waals surface area contributed by atoms with Gasteiger partial charge in [0.25, 0.3) is 0 Å². The lowest BCUT2D eigenvalue weighted by atomic mass is 10.1. The molecule has 0 bridgehead atoms. The number of hydrogen-bond acceptors (Lipinski definition) is 3. The van der Waals surface area contributed by atoms with E-state index in [1.54, 1.807) is 0 Å². The molecule has 0 atom stereocenters. The molecule has 1 aromatic rings. The van der Waals surface area contributed by atoms with E-state index in [1.165, 1.54) is 16.7 Å². The maximum atomic E-state index is 9.10. The van der Waals surface area contributed by atoms with Crippen molar-refractivity contribution < 1.29 is 19.8 Å². The molecule has 5 heteroatoms. The number of aliphatic carboxylic acids is 2. The highest BCUT2D eigenvalue weighted by atomic mass is 16.4. The Kier molecular flexibility index (Phi) is 8.73. The van der Waals surface area contributed by atoms with Crippen LogP contribution in [0.2, 0.25) is 0 Å². The van der Waals surface area contributed by atoms with E-state index in [1.807, 2.05) is 0 Å². The van der Waals surface area contributed by atoms with Gasteiger partial charge in [0.15, 0.2) is 0 Å². The fraction of sp³-hybridized carbons (Fsp3) is 0.375. The molecular formula is C16H23NO4. The van der Waals surface area contributed by atoms with Gasteiger partial charge < -0.3 is 10.2 Å². The van der Waals surface area contributed by atoms with E-state index in [-0.39, 0.29) is 0 Å². The normalized spacial score (nSPS) is 9.71. The Morgan fingerprint density at radius 3 is 1.95 bits per heavy atom. The Labute approximate surface area is 125 Å². The molecule has 0 unspecified atom stereocenters. The van der Waals surface area contributed by atoms with Crippen LogP contribution in [0.5, 0.6) is 0 Å². The maximum absolute atomic E-state index is 9.10. The van der Waals surface area contributed by atoms with E-state index in [2.05, 4.69) is 56.5 Å². The van der Waals surface area contributed by atoms with Gasteiger partial charge in [0, 0.05) is 13.1 Å². The molecule has 21 heavy (non-hydrogen) atoms. The Morgan fingerprint density at radius 2 is 1.62 bits per heavy atom. The van der Waals surface area contributed by atoms with Crippen molar-refractivity contribution in [3.8, 4) is 0 Å². The summed E-state index contributed by atoms with van der Waals surface area (Å²) < 4.78 is 0. The lowest BCUT2D eigenvalue weighted by Gasteiger charge is -2.20. The summed E-state index contributed by atoms with van der Waals surface area (Å²) in [6.07, 6.45) is 0. The molecule has 0 aliphatic carbocycles. The summed E-state index contributed by atoms with van der Waals surface area (Å²) in [6.45, 7) is 13.4. The van der Waals surface area contributed by atoms with Crippen LogP contribution in [-0.2, 0) is 16.1 Å². The van der Waals surface area contributed by atoms with Gasteiger partial charge in [-0.05, 0) is 26.0 Å². The second kappa shape index (κ2) is 9.72. The fourth-order valence-corrected chi connectivity index (χ4v) is 1.61. The predicted octanol–water partition coefficient (Wildman–Crippen LogP) is 2.55. The maximum Gasteiger partial charge on any atom is 0.414 e. The molecule has 0 aromatic heterocycles. The van der Waals surface area contributed by atoms with Gasteiger partial charge in [-0.1, -0.05) is 48.9 Å². The van der Waals surface area contributed by atoms with Crippen LogP contribution >= 0.6 is 0 Å². The van der Waals surface area contributed by atoms with Crippen LogP contribution in [0.3, 0.4) is 0 Å². The fourth-order valence-electron chi connectivity index (χ4n) is 1.61. The first kappa shape index (κ1) is 18.9. The molecule has 0 spiro atoms. The average molecular weight is 293 g/mol. The highest BCUT2D eigenvalue weighted by molar-refractivity contribution is 6.27. The molecule has 0 aliphatic rings. The first-order chi connectivity index (χ1) is 9.76. The van der Waals surface area contributed by atoms with E-state index in [4.69, 9.17) is 19.8 Å². The summed E-state index contributed by atoms with van der Waals surface area (Å²) in [7, 11) is 0. The number of likely N-dealkylation sites (N-methyl/N-ethyl adjacent to an activating group) is 1. The molecular weight excluding hydrogens is 270 g/mol. The summed E-state index contributed by atoms with van der Waals surface area (Å²) in [5.41, 5.74) is 3.93. The predicted molar refractivity (Wildman–Crippen MR) is 82.2 cm³/mol. The zero-order valence-electron chi connectivity index (χ0n) is 12.8. The average Bonchev–Trinajstić information content (AvgIpc) is 2.40. The Balaban J connectivity index is 0.000000567. The van der Waals surface area contributed by atoms with Crippen LogP contribution in [0, 0.1) is 6.92 Å². The van der Waals surface area contributed by atoms with Crippen molar-refractivity contribution in [1.29, 1.82) is 0 Å². The number of nitrogens with zero attached hydrogens (tertiary/aromatic N) is 1. The molecule has 0 fully saturated rings. The molecule has 0 radical (unpaired) electrons. The summed E-state index contributed by atoms with van der Waals surface area (Å²) >= 11 is 0. The zero-order chi connectivity index (χ0) is 16.4. The number of rotatable bonds is 5. The van der Waals surface area contributed by atoms with Crippen molar-refractivity contribution in [3.05, 3.63) is 47.5 Å². The molecule has 1 rings (SSSR count). The Bertz CT molecular complexity index is 468. The van der Waals surface area contributed by atoms with E-state index in [9.17, 15) is 0 Å². The number of carboxylic acid groups (broad SMARTS) is 2. The van der Waals surface area contributed by atoms with E-state index in [0.717, 1.165) is 19.6 Å². The second-order valence-corrected chi connectivity index (χ2v) is 4.86. The molecule has 5 nitrogen and oxygen atoms in total. The Hall–Kier alpha value is -2.14. The topological polar surface area (TPSA) is 77.8 Å². The number of carbonyl (C=O) groups is 2. The summed E-state index contributed by atoms with van der Waals surface area (Å²) in [6, 6.07) is 8.75. The summed E-state index contributed by atoms with van der Waals surface area (Å²) in [5, 5.41) is 14.8. The third kappa shape index (κ3) is 9.40. The van der Waals surface area contributed by atoms with Crippen molar-refractivity contribution >= 4 is 11.9 Å². The summed E-state index contributed by atoms with van der Waals surface area (Å²) in [4.78, 5) is 20.6. The van der Waals surface area contributed by atoms with Gasteiger partial charge >= 0.3 is 11.9 Å². The van der Waals surface area contributed by atoms with Gasteiger partial charge in [0.2, 0.25) is 0 Å². The summed E-state index contributed by atoms with van der Waals surface area (Å²) in [5.74, 6) is -3.65. The van der Waals surface area contributed by atoms with E-state index < -0.39 is 11.9 Å². The van der Waals surface area contributed by atoms with Gasteiger partial charge in [0.05, 0.1) is 0 Å². The first-order valence-corrected chi connectivity index (χ1v) is 6.64. The van der Waals surface area contributed by atoms with Crippen molar-refractivity contribution in [3.63, 3.8) is 0 Å². The van der Waals surface area contributed by atoms with E-state index >= 15 is 0 Å². The highest BCUT2D eigenvalue weighted by Gasteiger charge is 2.04. The highest BCUT2D eigenvalue weighted by Crippen LogP contribution is 2.07. The zero-order valence-corrected chi connectivity index (χ0v) is 12.8. The third-order valence-corrected chi connectivity index (χ3v) is 2.65. The molecule has 0 heterocycles. The first-order valence-electron chi connectivity index (χ1n) is 6.64. The molecule has 116 valence electrons. The van der Waals surface area contributed by atoms with Gasteiger partial charge in [-0.2, -0.15) is 0 Å². The monoisotopic (exact) mass is 293 g/mol. The van der Waals surface area contributed by atoms with Crippen molar-refractivity contribution in [1.82, 2.24) is 4.90 Å². The molecule has 1 aromatic carbocycles. The number of benzene rings is 1. The number of hydrogen-bond donors (Lipinski definition) is 2. The smallest absolute Gasteiger partial charge is 0.414 e. The van der Waals surface area contributed by atoms with Crippen molar-refractivity contribution in [2.45, 2.75) is 27.3 Å². The van der Waals surface area contributed by atoms with Crippen LogP contribution in [0.15, 0.2) is 36.4 Å². The third-order valence-electron chi connectivity index (χ3n) is 2.65. The van der Waals surface area contributed by atoms with E-state index in [0.29, 0.717) is 0 Å². The molecule has 0 saturated carbocycles. The SMILES string of the molecule is C=C(C)CN(CC)Cc1ccc(C)cc1.O=C(O)C(=O)O. The number of carboxylic acids is 2. The van der Waals surface area contributed by atoms with Gasteiger partial charge in [-0.15, -0.1) is 0 Å². The lowest BCUT2D eigenvalue weighted by molar-refractivity contribution is -0.159. The van der Waals surface area contributed by atoms with Crippen molar-refractivity contribution in [2.75, 3.05) is 13.1 Å². The largest absolute Gasteiger partial charge is 0.473 e. The van der Waals surface area contributed by atoms with Gasteiger partial charge in [-0.25, -0.2) is 9.59 Å². The van der Waals surface area contributed by atoms with Crippen LogP contribution in [-0.4, -0.2) is 40.1 Å². The second-order valence-electron chi connectivity index (χ2n) is 4.86. The molecule has 0 saturated heterocycles. The van der Waals surface area contributed by atoms with Crippen LogP contribution < -0.4 is 0 Å². The van der Waals surface area contributed by atoms with Gasteiger partial charge in [0.1, 0.15) is 0 Å². The molecule has 2 N–H and O–H groups in total. The minimum atomic E-state index is -1.82. The van der Waals surface area contributed by atoms with Crippen LogP contribution in [0.4, 0.5) is 0 Å². The number of aryl methyl sites for hydroxylation is 1. The van der Waals surface area contributed by atoms with Crippen molar-refractivity contribution in [2.24, 2.45) is 0 Å². The lowest BCUT2D eigenvalue weighted by Crippen LogP contribution is -2.24. The molecule has 0 aliphatic heterocycles. The van der Waals surface area contributed by atoms with Crippen LogP contribution in [0.1, 0.15) is 25.0 Å². The minimum Gasteiger partial charge on any atom is -0.473 e. The molecule has 0 amide bonds. The van der Waals surface area contributed by atoms with Gasteiger partial charge in [-0.3, -0.25) is 4.90 Å². The standard InChI is InChI=1S/C14H21N.C2H2O4/c1-5-15(10-12(2)3)11-14-8-6-13(4)7-9-14;3-1(4)2(5)6/h6-9H,2,5,10-11H2,1,3-4H3;(H,3,4)(H,5,6). The van der Waals surface area contributed by atoms with Crippen LogP contribution in [0.25, 0.3) is 0 Å².